The lowest BCUT2D eigenvalue weighted by molar-refractivity contribution is 0.332. The van der Waals surface area contributed by atoms with Gasteiger partial charge in [-0.3, -0.25) is 0 Å². The van der Waals surface area contributed by atoms with Crippen molar-refractivity contribution in [2.75, 3.05) is 10.2 Å². The van der Waals surface area contributed by atoms with E-state index in [2.05, 4.69) is 222 Å². The highest BCUT2D eigenvalue weighted by Gasteiger charge is 2.48. The molecular weight excluding hydrogens is 751 g/mol. The summed E-state index contributed by atoms with van der Waals surface area (Å²) in [6.07, 6.45) is 2.35. The molecule has 0 saturated carbocycles. The van der Waals surface area contributed by atoms with Crippen LogP contribution in [0, 0.1) is 6.92 Å². The number of benzene rings is 8. The van der Waals surface area contributed by atoms with Crippen LogP contribution in [0.25, 0.3) is 33.1 Å². The molecule has 0 bridgehead atoms. The molecule has 0 unspecified atom stereocenters. The van der Waals surface area contributed by atoms with E-state index in [4.69, 9.17) is 4.42 Å². The first-order valence-corrected chi connectivity index (χ1v) is 22.1. The minimum Gasteiger partial charge on any atom is -0.456 e. The summed E-state index contributed by atoms with van der Waals surface area (Å²) in [5.74, 6) is 0. The van der Waals surface area contributed by atoms with Crippen molar-refractivity contribution in [3.05, 3.63) is 209 Å². The summed E-state index contributed by atoms with van der Waals surface area (Å²) in [7, 11) is 2.44. The summed E-state index contributed by atoms with van der Waals surface area (Å²) in [5, 5.41) is 6.28. The smallest absolute Gasteiger partial charge is 0.197 e. The van der Waals surface area contributed by atoms with E-state index in [1.165, 1.54) is 78.9 Å². The third-order valence-corrected chi connectivity index (χ3v) is 14.5. The molecule has 1 N–H and O–H groups in total. The lowest BCUT2D eigenvalue weighted by Gasteiger charge is -2.49. The molecule has 9 aromatic rings. The Kier molecular flexibility index (Phi) is 7.98. The van der Waals surface area contributed by atoms with Crippen LogP contribution in [0.1, 0.15) is 79.5 Å². The van der Waals surface area contributed by atoms with Gasteiger partial charge in [0.2, 0.25) is 0 Å². The van der Waals surface area contributed by atoms with Crippen molar-refractivity contribution >= 4 is 68.6 Å². The Morgan fingerprint density at radius 1 is 0.548 bits per heavy atom. The van der Waals surface area contributed by atoms with E-state index >= 15 is 0 Å². The lowest BCUT2D eigenvalue weighted by atomic mass is 9.54. The van der Waals surface area contributed by atoms with E-state index in [1.54, 1.807) is 0 Å². The highest BCUT2D eigenvalue weighted by Crippen LogP contribution is 2.58. The molecule has 1 aliphatic carbocycles. The zero-order chi connectivity index (χ0) is 42.0. The standard InChI is InChI=1S/C58H48BN2O/c1-36-33-42(40-28-30-51-52(41-21-12-15-26-50(41)62-51)54(40)60-39-27-29-43-46(35-39)57(4,5)32-31-56(43,2)3)53-49(34-36)61-48-25-14-13-22-44(48)58(37-17-8-6-9-18-37,38-19-10-7-11-20-38)45-23-16-24-47(59-53)55(45)61/h6-30,33-35,60H,31-32H2,1-5H3. The Morgan fingerprint density at radius 2 is 1.23 bits per heavy atom. The maximum Gasteiger partial charge on any atom is 0.197 e. The van der Waals surface area contributed by atoms with Crippen LogP contribution in [-0.4, -0.2) is 7.28 Å². The molecule has 1 radical (unpaired) electrons. The van der Waals surface area contributed by atoms with Gasteiger partial charge in [0.1, 0.15) is 11.2 Å². The van der Waals surface area contributed by atoms with Crippen LogP contribution in [0.4, 0.5) is 28.4 Å². The average molecular weight is 800 g/mol. The molecule has 0 spiro atoms. The maximum absolute atomic E-state index is 6.59. The molecule has 3 heterocycles. The number of furan rings is 1. The van der Waals surface area contributed by atoms with Gasteiger partial charge in [-0.2, -0.15) is 0 Å². The quantitative estimate of drug-likeness (QED) is 0.176. The molecule has 1 aromatic heterocycles. The van der Waals surface area contributed by atoms with Gasteiger partial charge >= 0.3 is 0 Å². The van der Waals surface area contributed by atoms with Gasteiger partial charge in [0.25, 0.3) is 0 Å². The molecular formula is C58H48BN2O. The van der Waals surface area contributed by atoms with Crippen LogP contribution in [0.3, 0.4) is 0 Å². The van der Waals surface area contributed by atoms with Gasteiger partial charge in [-0.05, 0) is 123 Å². The zero-order valence-corrected chi connectivity index (χ0v) is 36.0. The van der Waals surface area contributed by atoms with Crippen molar-refractivity contribution in [2.24, 2.45) is 0 Å². The van der Waals surface area contributed by atoms with Gasteiger partial charge in [-0.1, -0.05) is 161 Å². The fraction of sp³-hybridized carbons (Fsp3) is 0.172. The summed E-state index contributed by atoms with van der Waals surface area (Å²) in [4.78, 5) is 2.56. The van der Waals surface area contributed by atoms with Gasteiger partial charge in [0.15, 0.2) is 7.28 Å². The molecule has 4 heteroatoms. The highest BCUT2D eigenvalue weighted by atomic mass is 16.3. The SMILES string of the molecule is Cc1cc(-c2ccc3oc4ccccc4c3c2Nc2ccc3c(c2)C(C)(C)CCC3(C)C)c2c(c1)N1c3ccccc3C(c3ccccc3)(c3ccccc3)c3cccc(c31)[B]2. The normalized spacial score (nSPS) is 16.2. The fourth-order valence-corrected chi connectivity index (χ4v) is 11.4. The van der Waals surface area contributed by atoms with E-state index in [9.17, 15) is 0 Å². The maximum atomic E-state index is 6.59. The van der Waals surface area contributed by atoms with Crippen molar-refractivity contribution in [3.63, 3.8) is 0 Å². The Labute approximate surface area is 365 Å². The number of para-hydroxylation sites is 3. The first kappa shape index (κ1) is 37.0. The predicted octanol–water partition coefficient (Wildman–Crippen LogP) is 13.8. The number of nitrogens with one attached hydrogen (secondary N) is 1. The van der Waals surface area contributed by atoms with Gasteiger partial charge in [0.05, 0.1) is 22.2 Å². The molecule has 0 amide bonds. The van der Waals surface area contributed by atoms with Gasteiger partial charge in [-0.25, -0.2) is 0 Å². The monoisotopic (exact) mass is 799 g/mol. The van der Waals surface area contributed by atoms with Crippen LogP contribution >= 0.6 is 0 Å². The molecule has 2 aliphatic heterocycles. The summed E-state index contributed by atoms with van der Waals surface area (Å²) >= 11 is 0. The number of hydrogen-bond donors (Lipinski definition) is 1. The average Bonchev–Trinajstić information content (AvgIpc) is 3.68. The Bertz CT molecular complexity index is 3230. The van der Waals surface area contributed by atoms with E-state index in [-0.39, 0.29) is 10.8 Å². The molecule has 12 rings (SSSR count). The highest BCUT2D eigenvalue weighted by molar-refractivity contribution is 6.73. The number of hydrogen-bond acceptors (Lipinski definition) is 3. The number of rotatable bonds is 5. The zero-order valence-electron chi connectivity index (χ0n) is 36.0. The van der Waals surface area contributed by atoms with Crippen molar-refractivity contribution in [2.45, 2.75) is 63.7 Å². The second-order valence-electron chi connectivity index (χ2n) is 19.1. The van der Waals surface area contributed by atoms with Crippen LogP contribution < -0.4 is 21.1 Å². The van der Waals surface area contributed by atoms with Crippen LogP contribution in [0.2, 0.25) is 0 Å². The number of nitrogens with zero attached hydrogens (tertiary/aromatic N) is 1. The minimum absolute atomic E-state index is 0.0832. The molecule has 3 aliphatic rings. The second kappa shape index (κ2) is 13.4. The van der Waals surface area contributed by atoms with E-state index in [1.807, 2.05) is 0 Å². The predicted molar refractivity (Wildman–Crippen MR) is 260 cm³/mol. The van der Waals surface area contributed by atoms with Crippen LogP contribution in [0.15, 0.2) is 174 Å². The summed E-state index contributed by atoms with van der Waals surface area (Å²) in [6, 6.07) is 62.9. The largest absolute Gasteiger partial charge is 0.456 e. The lowest BCUT2D eigenvalue weighted by Crippen LogP contribution is -2.47. The molecule has 62 heavy (non-hydrogen) atoms. The van der Waals surface area contributed by atoms with Crippen molar-refractivity contribution < 1.29 is 4.42 Å². The van der Waals surface area contributed by atoms with Crippen molar-refractivity contribution in [3.8, 4) is 11.1 Å². The summed E-state index contributed by atoms with van der Waals surface area (Å²) in [5.41, 5.74) is 21.1. The molecule has 299 valence electrons. The topological polar surface area (TPSA) is 28.4 Å². The molecule has 0 fully saturated rings. The number of fused-ring (bicyclic) bond motifs is 8. The Balaban J connectivity index is 1.11. The minimum atomic E-state index is -0.526. The number of anilines is 5. The van der Waals surface area contributed by atoms with Crippen molar-refractivity contribution in [1.82, 2.24) is 0 Å². The molecule has 8 aromatic carbocycles. The van der Waals surface area contributed by atoms with Gasteiger partial charge in [-0.15, -0.1) is 0 Å². The first-order chi connectivity index (χ1) is 30.1. The van der Waals surface area contributed by atoms with Gasteiger partial charge in [0, 0.05) is 28.0 Å². The molecule has 0 atom stereocenters. The molecule has 0 saturated heterocycles. The first-order valence-electron chi connectivity index (χ1n) is 22.1. The van der Waals surface area contributed by atoms with Crippen LogP contribution in [-0.2, 0) is 16.2 Å². The van der Waals surface area contributed by atoms with E-state index in [0.29, 0.717) is 0 Å². The van der Waals surface area contributed by atoms with Gasteiger partial charge < -0.3 is 14.6 Å². The second-order valence-corrected chi connectivity index (χ2v) is 19.1. The fourth-order valence-electron chi connectivity index (χ4n) is 11.4. The third-order valence-electron chi connectivity index (χ3n) is 14.5. The van der Waals surface area contributed by atoms with E-state index < -0.39 is 5.41 Å². The number of aryl methyl sites for hydroxylation is 1. The Hall–Kier alpha value is -6.78. The molecule has 3 nitrogen and oxygen atoms in total. The van der Waals surface area contributed by atoms with Crippen LogP contribution in [0.5, 0.6) is 0 Å². The van der Waals surface area contributed by atoms with E-state index in [0.717, 1.165) is 45.3 Å². The van der Waals surface area contributed by atoms with Crippen molar-refractivity contribution in [1.29, 1.82) is 0 Å². The summed E-state index contributed by atoms with van der Waals surface area (Å²) < 4.78 is 6.59. The Morgan fingerprint density at radius 3 is 2.00 bits per heavy atom. The summed E-state index contributed by atoms with van der Waals surface area (Å²) in [6.45, 7) is 11.8. The third kappa shape index (κ3) is 5.25.